The van der Waals surface area contributed by atoms with Crippen molar-refractivity contribution in [1.29, 1.82) is 0 Å². The van der Waals surface area contributed by atoms with Crippen LogP contribution in [0, 0.1) is 0 Å². The minimum absolute atomic E-state index is 0.00373. The Morgan fingerprint density at radius 2 is 1.93 bits per heavy atom. The van der Waals surface area contributed by atoms with Gasteiger partial charge < -0.3 is 30.7 Å². The molecule has 3 heterocycles. The SMILES string of the molecule is CCC=[P+]([O-])Cc1ccc(Nc2ncc(C(F)(F)F)c(Nc3ccc(-c4cnn(CCCO)c4)nc3C(=O)NC)n2)c(OC)c1. The molecule has 4 rings (SSSR count). The molecule has 45 heavy (non-hydrogen) atoms. The van der Waals surface area contributed by atoms with E-state index in [-0.39, 0.29) is 23.9 Å². The molecule has 0 aliphatic carbocycles. The summed E-state index contributed by atoms with van der Waals surface area (Å²) in [4.78, 5) is 37.3. The van der Waals surface area contributed by atoms with Gasteiger partial charge in [-0.2, -0.15) is 23.3 Å². The highest BCUT2D eigenvalue weighted by molar-refractivity contribution is 7.49. The molecule has 0 aliphatic rings. The molecular formula is C29H32F3N8O4P. The van der Waals surface area contributed by atoms with Gasteiger partial charge in [0.1, 0.15) is 23.3 Å². The van der Waals surface area contributed by atoms with Crippen LogP contribution >= 0.6 is 7.77 Å². The van der Waals surface area contributed by atoms with Gasteiger partial charge in [0, 0.05) is 44.6 Å². The van der Waals surface area contributed by atoms with Crippen molar-refractivity contribution in [3.63, 3.8) is 0 Å². The second-order valence-corrected chi connectivity index (χ2v) is 11.2. The molecular weight excluding hydrogens is 612 g/mol. The van der Waals surface area contributed by atoms with Gasteiger partial charge in [0.2, 0.25) is 5.95 Å². The maximum absolute atomic E-state index is 14.0. The second-order valence-electron chi connectivity index (χ2n) is 9.65. The van der Waals surface area contributed by atoms with Crippen LogP contribution in [0.1, 0.15) is 41.4 Å². The molecule has 16 heteroatoms. The first-order chi connectivity index (χ1) is 21.6. The van der Waals surface area contributed by atoms with Crippen LogP contribution in [0.15, 0.2) is 48.9 Å². The minimum atomic E-state index is -4.82. The highest BCUT2D eigenvalue weighted by Gasteiger charge is 2.36. The van der Waals surface area contributed by atoms with Gasteiger partial charge in [0.05, 0.1) is 43.9 Å². The molecule has 1 aromatic carbocycles. The van der Waals surface area contributed by atoms with Crippen molar-refractivity contribution in [2.75, 3.05) is 31.4 Å². The van der Waals surface area contributed by atoms with Crippen molar-refractivity contribution in [3.05, 3.63) is 65.7 Å². The Bertz CT molecular complexity index is 1680. The molecule has 1 amide bonds. The number of aromatic nitrogens is 5. The number of aliphatic hydroxyl groups is 1. The average molecular weight is 645 g/mol. The Kier molecular flexibility index (Phi) is 11.0. The van der Waals surface area contributed by atoms with Crippen molar-refractivity contribution >= 4 is 42.6 Å². The Labute approximate surface area is 258 Å². The second kappa shape index (κ2) is 14.9. The minimum Gasteiger partial charge on any atom is -0.630 e. The molecule has 4 N–H and O–H groups in total. The number of alkyl halides is 3. The monoisotopic (exact) mass is 644 g/mol. The van der Waals surface area contributed by atoms with E-state index in [1.54, 1.807) is 34.9 Å². The number of aryl methyl sites for hydroxylation is 1. The van der Waals surface area contributed by atoms with Crippen LogP contribution in [-0.4, -0.2) is 62.3 Å². The fourth-order valence-corrected chi connectivity index (χ4v) is 5.33. The number of benzene rings is 1. The summed E-state index contributed by atoms with van der Waals surface area (Å²) in [5, 5.41) is 21.2. The van der Waals surface area contributed by atoms with Crippen LogP contribution in [0.25, 0.3) is 11.3 Å². The number of ether oxygens (including phenoxy) is 1. The lowest BCUT2D eigenvalue weighted by atomic mass is 10.1. The molecule has 1 atom stereocenters. The molecule has 0 radical (unpaired) electrons. The lowest BCUT2D eigenvalue weighted by molar-refractivity contribution is -0.153. The van der Waals surface area contributed by atoms with E-state index < -0.39 is 31.2 Å². The van der Waals surface area contributed by atoms with Crippen molar-refractivity contribution in [1.82, 2.24) is 30.0 Å². The Morgan fingerprint density at radius 3 is 2.62 bits per heavy atom. The number of hydrogen-bond acceptors (Lipinski definition) is 10. The first kappa shape index (κ1) is 33.3. The Hall–Kier alpha value is -4.59. The molecule has 0 saturated heterocycles. The number of carbonyl (C=O) groups is 1. The number of hydrogen-bond donors (Lipinski definition) is 4. The fourth-order valence-electron chi connectivity index (χ4n) is 4.24. The molecule has 238 valence electrons. The summed E-state index contributed by atoms with van der Waals surface area (Å²) in [6.07, 6.45) is 0.522. The van der Waals surface area contributed by atoms with Gasteiger partial charge in [-0.15, -0.1) is 0 Å². The Morgan fingerprint density at radius 1 is 1.16 bits per heavy atom. The number of halogens is 3. The molecule has 3 aromatic heterocycles. The number of methoxy groups -OCH3 is 1. The van der Waals surface area contributed by atoms with Gasteiger partial charge in [-0.1, -0.05) is 13.0 Å². The smallest absolute Gasteiger partial charge is 0.421 e. The number of rotatable bonds is 13. The number of anilines is 4. The number of amides is 1. The van der Waals surface area contributed by atoms with Crippen LogP contribution in [0.4, 0.5) is 36.3 Å². The maximum atomic E-state index is 14.0. The van der Waals surface area contributed by atoms with E-state index in [9.17, 15) is 22.9 Å². The van der Waals surface area contributed by atoms with Crippen LogP contribution in [0.5, 0.6) is 5.75 Å². The summed E-state index contributed by atoms with van der Waals surface area (Å²) >= 11 is 0. The quantitative estimate of drug-likeness (QED) is 0.153. The third kappa shape index (κ3) is 8.53. The van der Waals surface area contributed by atoms with E-state index in [2.05, 4.69) is 36.0 Å². The lowest BCUT2D eigenvalue weighted by Crippen LogP contribution is -2.21. The molecule has 0 spiro atoms. The van der Waals surface area contributed by atoms with E-state index in [4.69, 9.17) is 9.84 Å². The molecule has 0 aliphatic heterocycles. The molecule has 0 bridgehead atoms. The van der Waals surface area contributed by atoms with Crippen LogP contribution in [-0.2, 0) is 18.9 Å². The zero-order chi connectivity index (χ0) is 32.6. The average Bonchev–Trinajstić information content (AvgIpc) is 3.49. The molecule has 4 aromatic rings. The van der Waals surface area contributed by atoms with Crippen molar-refractivity contribution in [3.8, 4) is 17.0 Å². The van der Waals surface area contributed by atoms with Gasteiger partial charge in [-0.3, -0.25) is 9.48 Å². The van der Waals surface area contributed by atoms with Crippen molar-refractivity contribution < 1.29 is 32.7 Å². The third-order valence-electron chi connectivity index (χ3n) is 6.40. The predicted molar refractivity (Wildman–Crippen MR) is 164 cm³/mol. The highest BCUT2D eigenvalue weighted by atomic mass is 31.1. The summed E-state index contributed by atoms with van der Waals surface area (Å²) in [6.45, 7) is 2.37. The first-order valence-corrected chi connectivity index (χ1v) is 15.4. The largest absolute Gasteiger partial charge is 0.630 e. The van der Waals surface area contributed by atoms with Crippen molar-refractivity contribution in [2.24, 2.45) is 0 Å². The zero-order valence-electron chi connectivity index (χ0n) is 24.7. The number of aliphatic hydroxyl groups excluding tert-OH is 1. The number of pyridine rings is 1. The lowest BCUT2D eigenvalue weighted by Gasteiger charge is -2.17. The van der Waals surface area contributed by atoms with Gasteiger partial charge in [0.25, 0.3) is 5.91 Å². The van der Waals surface area contributed by atoms with E-state index >= 15 is 0 Å². The van der Waals surface area contributed by atoms with Gasteiger partial charge in [0.15, 0.2) is 5.69 Å². The summed E-state index contributed by atoms with van der Waals surface area (Å²) in [5.41, 5.74) is 0.708. The first-order valence-electron chi connectivity index (χ1n) is 13.8. The zero-order valence-corrected chi connectivity index (χ0v) is 25.6. The van der Waals surface area contributed by atoms with Crippen LogP contribution in [0.2, 0.25) is 0 Å². The van der Waals surface area contributed by atoms with Crippen molar-refractivity contribution in [2.45, 2.75) is 38.6 Å². The van der Waals surface area contributed by atoms with E-state index in [1.807, 2.05) is 6.92 Å². The summed E-state index contributed by atoms with van der Waals surface area (Å²) in [5.74, 6) is 0.650. The van der Waals surface area contributed by atoms with Crippen LogP contribution < -0.4 is 25.6 Å². The summed E-state index contributed by atoms with van der Waals surface area (Å²) < 4.78 is 49.1. The van der Waals surface area contributed by atoms with Crippen LogP contribution in [0.3, 0.4) is 0 Å². The van der Waals surface area contributed by atoms with Gasteiger partial charge in [-0.05, 0) is 36.2 Å². The number of nitrogens with zero attached hydrogens (tertiary/aromatic N) is 5. The van der Waals surface area contributed by atoms with E-state index in [1.165, 1.54) is 32.5 Å². The predicted octanol–water partition coefficient (Wildman–Crippen LogP) is 4.46. The number of carbonyl (C=O) groups excluding carboxylic acids is 1. The third-order valence-corrected chi connectivity index (χ3v) is 7.85. The van der Waals surface area contributed by atoms with E-state index in [0.717, 1.165) is 5.56 Å². The summed E-state index contributed by atoms with van der Waals surface area (Å²) in [6, 6.07) is 8.01. The summed E-state index contributed by atoms with van der Waals surface area (Å²) in [7, 11) is 1.27. The van der Waals surface area contributed by atoms with Gasteiger partial charge >= 0.3 is 6.18 Å². The molecule has 1 unspecified atom stereocenters. The van der Waals surface area contributed by atoms with E-state index in [0.29, 0.717) is 54.4 Å². The van der Waals surface area contributed by atoms with Gasteiger partial charge in [-0.25, -0.2) is 9.97 Å². The Balaban J connectivity index is 1.68. The molecule has 0 fully saturated rings. The normalized spacial score (nSPS) is 11.8. The molecule has 0 saturated carbocycles. The standard InChI is InChI=1S/C29H32F3N8O4P/c1-4-12-45(43)17-18-6-7-22(24(13-18)44-3)38-28-34-15-20(29(30,31)32)26(39-28)37-23-9-8-21(36-25(23)27(42)33-2)19-14-35-40(16-19)10-5-11-41/h6-9,12-16,41H,4-5,10-11,17H2,1-3H3,(H,33,42)(H2,34,37,38,39). The maximum Gasteiger partial charge on any atom is 0.421 e. The molecule has 12 nitrogen and oxygen atoms in total. The number of nitrogens with one attached hydrogen (secondary N) is 3. The topological polar surface area (TPSA) is 162 Å². The highest BCUT2D eigenvalue weighted by Crippen LogP contribution is 2.37. The fraction of sp³-hybridized carbons (Fsp3) is 0.310.